The average Bonchev–Trinajstić information content (AvgIpc) is 2.98. The van der Waals surface area contributed by atoms with Crippen LogP contribution >= 0.6 is 67.9 Å². The molecule has 0 fully saturated rings. The zero-order valence-corrected chi connectivity index (χ0v) is 16.8. The second-order valence-electron chi connectivity index (χ2n) is 4.85. The summed E-state index contributed by atoms with van der Waals surface area (Å²) in [5.41, 5.74) is 6.22. The standard InChI is InChI=1S/C15H14I2S2/c1-8-12(6-14(16)18-8)10-4-3-5-11(10)13-7-15(17)19-9(13)2/h6-7H,3-5H2,1-2H3. The lowest BCUT2D eigenvalue weighted by Gasteiger charge is -2.07. The molecule has 0 saturated heterocycles. The number of halogens is 2. The minimum atomic E-state index is 1.24. The van der Waals surface area contributed by atoms with Crippen LogP contribution < -0.4 is 0 Å². The first-order valence-electron chi connectivity index (χ1n) is 6.31. The molecule has 0 unspecified atom stereocenters. The van der Waals surface area contributed by atoms with E-state index in [-0.39, 0.29) is 0 Å². The molecule has 100 valence electrons. The number of allylic oxidation sites excluding steroid dienone is 2. The molecule has 0 spiro atoms. The monoisotopic (exact) mass is 512 g/mol. The molecule has 3 rings (SSSR count). The zero-order chi connectivity index (χ0) is 13.6. The number of aryl methyl sites for hydroxylation is 2. The van der Waals surface area contributed by atoms with E-state index in [4.69, 9.17) is 0 Å². The molecular formula is C15H14I2S2. The third kappa shape index (κ3) is 2.82. The molecule has 2 aromatic heterocycles. The molecule has 0 nitrogen and oxygen atoms in total. The molecule has 1 aliphatic carbocycles. The Kier molecular flexibility index (Phi) is 4.41. The molecule has 0 N–H and O–H groups in total. The fourth-order valence-corrected chi connectivity index (χ4v) is 6.96. The van der Waals surface area contributed by atoms with E-state index in [1.165, 1.54) is 45.9 Å². The molecule has 2 heterocycles. The summed E-state index contributed by atoms with van der Waals surface area (Å²) in [5, 5.41) is 0. The predicted octanol–water partition coefficient (Wildman–Crippen LogP) is 6.73. The van der Waals surface area contributed by atoms with Crippen LogP contribution in [0, 0.1) is 19.6 Å². The minimum absolute atomic E-state index is 1.24. The summed E-state index contributed by atoms with van der Waals surface area (Å²) < 4.78 is 2.81. The van der Waals surface area contributed by atoms with Gasteiger partial charge in [0.15, 0.2) is 0 Å². The van der Waals surface area contributed by atoms with Gasteiger partial charge in [-0.1, -0.05) is 0 Å². The summed E-state index contributed by atoms with van der Waals surface area (Å²) in [6.07, 6.45) is 3.80. The summed E-state index contributed by atoms with van der Waals surface area (Å²) in [6.45, 7) is 4.52. The van der Waals surface area contributed by atoms with Crippen molar-refractivity contribution < 1.29 is 0 Å². The van der Waals surface area contributed by atoms with E-state index in [0.717, 1.165) is 0 Å². The van der Waals surface area contributed by atoms with E-state index < -0.39 is 0 Å². The van der Waals surface area contributed by atoms with E-state index in [1.807, 2.05) is 22.7 Å². The van der Waals surface area contributed by atoms with Crippen molar-refractivity contribution in [2.45, 2.75) is 33.1 Å². The topological polar surface area (TPSA) is 0 Å². The van der Waals surface area contributed by atoms with Gasteiger partial charge < -0.3 is 0 Å². The summed E-state index contributed by atoms with van der Waals surface area (Å²) >= 11 is 8.72. The highest BCUT2D eigenvalue weighted by molar-refractivity contribution is 14.1. The van der Waals surface area contributed by atoms with Gasteiger partial charge in [-0.3, -0.25) is 0 Å². The molecule has 4 heteroatoms. The Labute approximate surface area is 149 Å². The van der Waals surface area contributed by atoms with Crippen LogP contribution in [0.15, 0.2) is 12.1 Å². The van der Waals surface area contributed by atoms with Crippen molar-refractivity contribution >= 4 is 79.0 Å². The van der Waals surface area contributed by atoms with Crippen LogP contribution in [0.5, 0.6) is 0 Å². The minimum Gasteiger partial charge on any atom is -0.134 e. The van der Waals surface area contributed by atoms with Crippen molar-refractivity contribution in [2.75, 3.05) is 0 Å². The largest absolute Gasteiger partial charge is 0.134 e. The molecule has 2 aromatic rings. The lowest BCUT2D eigenvalue weighted by molar-refractivity contribution is 0.941. The van der Waals surface area contributed by atoms with Crippen molar-refractivity contribution in [1.82, 2.24) is 0 Å². The van der Waals surface area contributed by atoms with Crippen molar-refractivity contribution in [3.05, 3.63) is 38.8 Å². The van der Waals surface area contributed by atoms with E-state index in [0.29, 0.717) is 0 Å². The predicted molar refractivity (Wildman–Crippen MR) is 104 cm³/mol. The molecule has 0 radical (unpaired) electrons. The summed E-state index contributed by atoms with van der Waals surface area (Å²) in [5.74, 6) is 0. The van der Waals surface area contributed by atoms with Crippen molar-refractivity contribution in [3.63, 3.8) is 0 Å². The average molecular weight is 512 g/mol. The number of hydrogen-bond acceptors (Lipinski definition) is 2. The Morgan fingerprint density at radius 2 is 1.26 bits per heavy atom. The summed E-state index contributed by atoms with van der Waals surface area (Å²) in [7, 11) is 0. The van der Waals surface area contributed by atoms with Gasteiger partial charge in [0, 0.05) is 9.75 Å². The molecule has 0 amide bonds. The van der Waals surface area contributed by atoms with Crippen LogP contribution in [0.4, 0.5) is 0 Å². The summed E-state index contributed by atoms with van der Waals surface area (Å²) in [6, 6.07) is 4.74. The van der Waals surface area contributed by atoms with Crippen LogP contribution in [0.2, 0.25) is 0 Å². The Morgan fingerprint density at radius 1 is 0.842 bits per heavy atom. The van der Waals surface area contributed by atoms with Gasteiger partial charge in [0.1, 0.15) is 0 Å². The Morgan fingerprint density at radius 3 is 1.58 bits per heavy atom. The van der Waals surface area contributed by atoms with Crippen LogP contribution in [0.25, 0.3) is 11.1 Å². The lowest BCUT2D eigenvalue weighted by atomic mass is 9.98. The molecule has 19 heavy (non-hydrogen) atoms. The van der Waals surface area contributed by atoms with Gasteiger partial charge in [-0.15, -0.1) is 22.7 Å². The fourth-order valence-electron chi connectivity index (χ4n) is 2.83. The van der Waals surface area contributed by atoms with Crippen LogP contribution in [0.3, 0.4) is 0 Å². The highest BCUT2D eigenvalue weighted by atomic mass is 127. The van der Waals surface area contributed by atoms with Crippen molar-refractivity contribution in [1.29, 1.82) is 0 Å². The number of rotatable bonds is 2. The zero-order valence-electron chi connectivity index (χ0n) is 10.8. The molecule has 1 aliphatic rings. The van der Waals surface area contributed by atoms with Gasteiger partial charge in [-0.25, -0.2) is 0 Å². The van der Waals surface area contributed by atoms with E-state index in [2.05, 4.69) is 71.2 Å². The van der Waals surface area contributed by atoms with E-state index in [1.54, 1.807) is 11.1 Å². The fraction of sp³-hybridized carbons (Fsp3) is 0.333. The molecule has 0 saturated carbocycles. The molecule has 0 aromatic carbocycles. The first-order chi connectivity index (χ1) is 9.06. The van der Waals surface area contributed by atoms with Crippen molar-refractivity contribution in [3.8, 4) is 0 Å². The number of hydrogen-bond donors (Lipinski definition) is 0. The van der Waals surface area contributed by atoms with Gasteiger partial charge in [-0.05, 0) is 113 Å². The van der Waals surface area contributed by atoms with E-state index >= 15 is 0 Å². The van der Waals surface area contributed by atoms with Gasteiger partial charge in [-0.2, -0.15) is 0 Å². The highest BCUT2D eigenvalue weighted by Gasteiger charge is 2.22. The maximum absolute atomic E-state index is 2.44. The third-order valence-electron chi connectivity index (χ3n) is 3.64. The van der Waals surface area contributed by atoms with Gasteiger partial charge in [0.05, 0.1) is 5.77 Å². The van der Waals surface area contributed by atoms with Gasteiger partial charge in [0.25, 0.3) is 0 Å². The molecule has 0 bridgehead atoms. The Balaban J connectivity index is 2.15. The van der Waals surface area contributed by atoms with E-state index in [9.17, 15) is 0 Å². The Bertz CT molecular complexity index is 605. The molecular weight excluding hydrogens is 498 g/mol. The molecule has 0 aliphatic heterocycles. The maximum atomic E-state index is 2.44. The van der Waals surface area contributed by atoms with Crippen LogP contribution in [-0.2, 0) is 0 Å². The van der Waals surface area contributed by atoms with Crippen molar-refractivity contribution in [2.24, 2.45) is 0 Å². The Hall–Kier alpha value is 0.600. The highest BCUT2D eigenvalue weighted by Crippen LogP contribution is 2.44. The maximum Gasteiger partial charge on any atom is 0.0662 e. The SMILES string of the molecule is Cc1sc(I)cc1C1=C(c2cc(I)sc2C)CCC1. The lowest BCUT2D eigenvalue weighted by Crippen LogP contribution is -1.86. The number of thiophene rings is 2. The second kappa shape index (κ2) is 5.77. The summed E-state index contributed by atoms with van der Waals surface area (Å²) in [4.78, 5) is 2.95. The second-order valence-corrected chi connectivity index (χ2v) is 11.2. The molecule has 0 atom stereocenters. The van der Waals surface area contributed by atoms with Gasteiger partial charge >= 0.3 is 0 Å². The first kappa shape index (κ1) is 14.5. The smallest absolute Gasteiger partial charge is 0.0662 e. The van der Waals surface area contributed by atoms with Crippen LogP contribution in [0.1, 0.15) is 40.1 Å². The third-order valence-corrected chi connectivity index (χ3v) is 7.27. The first-order valence-corrected chi connectivity index (χ1v) is 10.1. The van der Waals surface area contributed by atoms with Crippen LogP contribution in [-0.4, -0.2) is 0 Å². The van der Waals surface area contributed by atoms with Gasteiger partial charge in [0.2, 0.25) is 0 Å². The normalized spacial score (nSPS) is 15.6. The quantitative estimate of drug-likeness (QED) is 0.392.